The molecule has 1 aromatic heterocycles. The van der Waals surface area contributed by atoms with Crippen LogP contribution in [0.2, 0.25) is 0 Å². The third kappa shape index (κ3) is 3.76. The molecule has 1 aliphatic rings. The summed E-state index contributed by atoms with van der Waals surface area (Å²) in [6.07, 6.45) is 4.79. The highest BCUT2D eigenvalue weighted by Gasteiger charge is 2.21. The number of fused-ring (bicyclic) bond motifs is 1. The van der Waals surface area contributed by atoms with E-state index >= 15 is 0 Å². The highest BCUT2D eigenvalue weighted by atomic mass is 79.9. The fourth-order valence-corrected chi connectivity index (χ4v) is 3.83. The SMILES string of the molecule is Cc1cc(-n2nccc2NC(=O)N[C@H]2CCCc3ccccc32)ccc1Br. The number of hydrogen-bond donors (Lipinski definition) is 2. The van der Waals surface area contributed by atoms with Gasteiger partial charge in [0.25, 0.3) is 0 Å². The first-order chi connectivity index (χ1) is 13.1. The zero-order valence-corrected chi connectivity index (χ0v) is 16.7. The van der Waals surface area contributed by atoms with Gasteiger partial charge in [0.15, 0.2) is 0 Å². The zero-order chi connectivity index (χ0) is 18.8. The van der Waals surface area contributed by atoms with Crippen molar-refractivity contribution in [2.45, 2.75) is 32.2 Å². The highest BCUT2D eigenvalue weighted by molar-refractivity contribution is 9.10. The molecule has 0 aliphatic heterocycles. The molecule has 0 unspecified atom stereocenters. The zero-order valence-electron chi connectivity index (χ0n) is 15.1. The number of amides is 2. The lowest BCUT2D eigenvalue weighted by molar-refractivity contribution is 0.247. The van der Waals surface area contributed by atoms with Crippen molar-refractivity contribution in [3.05, 3.63) is 75.9 Å². The molecule has 1 atom stereocenters. The van der Waals surface area contributed by atoms with Crippen LogP contribution in [0.5, 0.6) is 0 Å². The second kappa shape index (κ2) is 7.56. The van der Waals surface area contributed by atoms with Crippen molar-refractivity contribution in [3.8, 4) is 5.69 Å². The summed E-state index contributed by atoms with van der Waals surface area (Å²) in [6, 6.07) is 15.9. The van der Waals surface area contributed by atoms with Crippen molar-refractivity contribution in [2.24, 2.45) is 0 Å². The number of carbonyl (C=O) groups is 1. The predicted octanol–water partition coefficient (Wildman–Crippen LogP) is 5.14. The first-order valence-corrected chi connectivity index (χ1v) is 9.87. The summed E-state index contributed by atoms with van der Waals surface area (Å²) in [6.45, 7) is 2.03. The van der Waals surface area contributed by atoms with E-state index in [9.17, 15) is 4.79 Å². The lowest BCUT2D eigenvalue weighted by Crippen LogP contribution is -2.34. The van der Waals surface area contributed by atoms with Gasteiger partial charge in [0.1, 0.15) is 5.82 Å². The van der Waals surface area contributed by atoms with Crippen molar-refractivity contribution in [3.63, 3.8) is 0 Å². The lowest BCUT2D eigenvalue weighted by Gasteiger charge is -2.26. The van der Waals surface area contributed by atoms with E-state index in [1.54, 1.807) is 16.9 Å². The molecule has 2 N–H and O–H groups in total. The van der Waals surface area contributed by atoms with Gasteiger partial charge in [-0.2, -0.15) is 5.10 Å². The van der Waals surface area contributed by atoms with Crippen molar-refractivity contribution < 1.29 is 4.79 Å². The minimum Gasteiger partial charge on any atom is -0.331 e. The van der Waals surface area contributed by atoms with Crippen molar-refractivity contribution in [1.29, 1.82) is 0 Å². The van der Waals surface area contributed by atoms with Gasteiger partial charge in [-0.3, -0.25) is 5.32 Å². The minimum absolute atomic E-state index is 0.0428. The van der Waals surface area contributed by atoms with Crippen LogP contribution in [0.25, 0.3) is 5.69 Å². The summed E-state index contributed by atoms with van der Waals surface area (Å²) < 4.78 is 2.77. The van der Waals surface area contributed by atoms with Crippen LogP contribution in [0.1, 0.15) is 35.6 Å². The predicted molar refractivity (Wildman–Crippen MR) is 110 cm³/mol. The number of anilines is 1. The molecular formula is C21H21BrN4O. The molecule has 5 nitrogen and oxygen atoms in total. The Balaban J connectivity index is 1.50. The third-order valence-corrected chi connectivity index (χ3v) is 5.83. The summed E-state index contributed by atoms with van der Waals surface area (Å²) in [5.74, 6) is 0.637. The Labute approximate surface area is 166 Å². The summed E-state index contributed by atoms with van der Waals surface area (Å²) in [7, 11) is 0. The molecule has 2 amide bonds. The fraction of sp³-hybridized carbons (Fsp3) is 0.238. The monoisotopic (exact) mass is 424 g/mol. The molecule has 6 heteroatoms. The molecule has 0 spiro atoms. The van der Waals surface area contributed by atoms with Gasteiger partial charge >= 0.3 is 6.03 Å². The van der Waals surface area contributed by atoms with Gasteiger partial charge in [-0.1, -0.05) is 40.2 Å². The van der Waals surface area contributed by atoms with E-state index in [4.69, 9.17) is 0 Å². The first-order valence-electron chi connectivity index (χ1n) is 9.08. The van der Waals surface area contributed by atoms with Gasteiger partial charge in [0.05, 0.1) is 17.9 Å². The lowest BCUT2D eigenvalue weighted by atomic mass is 9.88. The van der Waals surface area contributed by atoms with Gasteiger partial charge in [-0.05, 0) is 61.1 Å². The van der Waals surface area contributed by atoms with E-state index in [0.717, 1.165) is 35.0 Å². The molecule has 138 valence electrons. The van der Waals surface area contributed by atoms with Crippen LogP contribution < -0.4 is 10.6 Å². The smallest absolute Gasteiger partial charge is 0.320 e. The van der Waals surface area contributed by atoms with Crippen LogP contribution in [0.3, 0.4) is 0 Å². The maximum Gasteiger partial charge on any atom is 0.320 e. The van der Waals surface area contributed by atoms with Gasteiger partial charge in [-0.15, -0.1) is 0 Å². The first kappa shape index (κ1) is 17.8. The Hall–Kier alpha value is -2.60. The Bertz CT molecular complexity index is 982. The van der Waals surface area contributed by atoms with Crippen LogP contribution >= 0.6 is 15.9 Å². The minimum atomic E-state index is -0.215. The average molecular weight is 425 g/mol. The number of aryl methyl sites for hydroxylation is 2. The molecule has 0 fully saturated rings. The Morgan fingerprint density at radius 3 is 2.93 bits per heavy atom. The summed E-state index contributed by atoms with van der Waals surface area (Å²) >= 11 is 3.51. The number of rotatable bonds is 3. The fourth-order valence-electron chi connectivity index (χ4n) is 3.58. The standard InChI is InChI=1S/C21H21BrN4O/c1-14-13-16(9-10-18(14)22)26-20(11-12-23-26)25-21(27)24-19-8-4-6-15-5-2-3-7-17(15)19/h2-3,5,7,9-13,19H,4,6,8H2,1H3,(H2,24,25,27)/t19-/m0/s1. The third-order valence-electron chi connectivity index (χ3n) is 4.95. The van der Waals surface area contributed by atoms with Gasteiger partial charge in [0, 0.05) is 10.5 Å². The van der Waals surface area contributed by atoms with Gasteiger partial charge in [0.2, 0.25) is 0 Å². The van der Waals surface area contributed by atoms with Crippen molar-refractivity contribution in [2.75, 3.05) is 5.32 Å². The van der Waals surface area contributed by atoms with Crippen LogP contribution in [0, 0.1) is 6.92 Å². The number of nitrogens with zero attached hydrogens (tertiary/aromatic N) is 2. The van der Waals surface area contributed by atoms with Crippen molar-refractivity contribution >= 4 is 27.8 Å². The number of urea groups is 1. The largest absolute Gasteiger partial charge is 0.331 e. The molecule has 4 rings (SSSR count). The quantitative estimate of drug-likeness (QED) is 0.611. The number of aromatic nitrogens is 2. The second-order valence-electron chi connectivity index (χ2n) is 6.80. The van der Waals surface area contributed by atoms with Crippen molar-refractivity contribution in [1.82, 2.24) is 15.1 Å². The van der Waals surface area contributed by atoms with E-state index in [-0.39, 0.29) is 12.1 Å². The molecule has 0 bridgehead atoms. The summed E-state index contributed by atoms with van der Waals surface area (Å²) in [5, 5.41) is 10.4. The molecule has 0 saturated heterocycles. The molecule has 1 aliphatic carbocycles. The average Bonchev–Trinajstić information content (AvgIpc) is 3.12. The van der Waals surface area contributed by atoms with Crippen LogP contribution in [-0.2, 0) is 6.42 Å². The maximum absolute atomic E-state index is 12.6. The van der Waals surface area contributed by atoms with Crippen LogP contribution in [0.4, 0.5) is 10.6 Å². The van der Waals surface area contributed by atoms with Gasteiger partial charge in [-0.25, -0.2) is 9.48 Å². The topological polar surface area (TPSA) is 59.0 Å². The Morgan fingerprint density at radius 1 is 1.22 bits per heavy atom. The molecule has 0 saturated carbocycles. The molecular weight excluding hydrogens is 404 g/mol. The molecule has 2 aromatic carbocycles. The number of benzene rings is 2. The van der Waals surface area contributed by atoms with E-state index in [0.29, 0.717) is 5.82 Å². The Morgan fingerprint density at radius 2 is 2.07 bits per heavy atom. The number of nitrogens with one attached hydrogen (secondary N) is 2. The second-order valence-corrected chi connectivity index (χ2v) is 7.66. The number of halogens is 1. The van der Waals surface area contributed by atoms with Crippen LogP contribution in [-0.4, -0.2) is 15.8 Å². The molecule has 1 heterocycles. The molecule has 3 aromatic rings. The normalized spacial score (nSPS) is 15.9. The Kier molecular flexibility index (Phi) is 4.99. The van der Waals surface area contributed by atoms with Gasteiger partial charge < -0.3 is 5.32 Å². The summed E-state index contributed by atoms with van der Waals surface area (Å²) in [5.41, 5.74) is 4.55. The molecule has 0 radical (unpaired) electrons. The van der Waals surface area contributed by atoms with E-state index < -0.39 is 0 Å². The van der Waals surface area contributed by atoms with E-state index in [1.165, 1.54) is 11.1 Å². The molecule has 27 heavy (non-hydrogen) atoms. The van der Waals surface area contributed by atoms with Crippen LogP contribution in [0.15, 0.2) is 59.2 Å². The summed E-state index contributed by atoms with van der Waals surface area (Å²) in [4.78, 5) is 12.6. The number of carbonyl (C=O) groups excluding carboxylic acids is 1. The maximum atomic E-state index is 12.6. The highest BCUT2D eigenvalue weighted by Crippen LogP contribution is 2.29. The van der Waals surface area contributed by atoms with E-state index in [2.05, 4.69) is 49.9 Å². The number of hydrogen-bond acceptors (Lipinski definition) is 2. The van der Waals surface area contributed by atoms with E-state index in [1.807, 2.05) is 31.2 Å².